The molecule has 2 heterocycles. The number of hydrogen-bond donors (Lipinski definition) is 2. The molecule has 0 saturated carbocycles. The summed E-state index contributed by atoms with van der Waals surface area (Å²) in [5.74, 6) is 0.441. The first-order valence-electron chi connectivity index (χ1n) is 8.75. The lowest BCUT2D eigenvalue weighted by Gasteiger charge is -2.24. The van der Waals surface area contributed by atoms with Crippen LogP contribution in [0.25, 0.3) is 11.1 Å². The second kappa shape index (κ2) is 8.42. The van der Waals surface area contributed by atoms with Gasteiger partial charge >= 0.3 is 0 Å². The zero-order valence-electron chi connectivity index (χ0n) is 14.6. The van der Waals surface area contributed by atoms with Crippen LogP contribution in [0.2, 0.25) is 10.0 Å². The second-order valence-electron chi connectivity index (χ2n) is 6.45. The Labute approximate surface area is 162 Å². The molecule has 3 rings (SSSR count). The van der Waals surface area contributed by atoms with Crippen molar-refractivity contribution in [2.75, 3.05) is 30.8 Å². The van der Waals surface area contributed by atoms with Gasteiger partial charge in [0.15, 0.2) is 0 Å². The largest absolute Gasteiger partial charge is 0.384 e. The molecule has 0 unspecified atom stereocenters. The molecule has 0 aliphatic carbocycles. The number of hydrogen-bond acceptors (Lipinski definition) is 4. The standard InChI is InChI=1S/C19H22Cl2FN3O/c1-2-12-18(13-7-17(23)24-10-15(13)21)14(20)8-16(22)19(12)25-9-11-3-5-26-6-4-11/h7-8,10-11,25H,2-6,9H2,1H3,(H2,23,24). The highest BCUT2D eigenvalue weighted by Crippen LogP contribution is 2.41. The van der Waals surface area contributed by atoms with Crippen molar-refractivity contribution in [1.82, 2.24) is 4.98 Å². The Hall–Kier alpha value is -1.56. The highest BCUT2D eigenvalue weighted by molar-refractivity contribution is 6.36. The van der Waals surface area contributed by atoms with E-state index in [1.165, 1.54) is 12.3 Å². The number of nitrogens with two attached hydrogens (primary N) is 1. The van der Waals surface area contributed by atoms with E-state index >= 15 is 0 Å². The fraction of sp³-hybridized carbons (Fsp3) is 0.421. The topological polar surface area (TPSA) is 60.2 Å². The van der Waals surface area contributed by atoms with Crippen LogP contribution in [0.3, 0.4) is 0 Å². The van der Waals surface area contributed by atoms with Crippen LogP contribution < -0.4 is 11.1 Å². The van der Waals surface area contributed by atoms with Gasteiger partial charge in [-0.25, -0.2) is 9.37 Å². The number of halogens is 3. The van der Waals surface area contributed by atoms with Crippen molar-refractivity contribution in [2.24, 2.45) is 5.92 Å². The van der Waals surface area contributed by atoms with Gasteiger partial charge in [-0.15, -0.1) is 0 Å². The maximum atomic E-state index is 14.7. The van der Waals surface area contributed by atoms with Crippen LogP contribution in [0.5, 0.6) is 0 Å². The molecule has 0 amide bonds. The fourth-order valence-electron chi connectivity index (χ4n) is 3.35. The smallest absolute Gasteiger partial charge is 0.148 e. The van der Waals surface area contributed by atoms with Crippen molar-refractivity contribution in [2.45, 2.75) is 26.2 Å². The lowest BCUT2D eigenvalue weighted by Crippen LogP contribution is -2.23. The monoisotopic (exact) mass is 397 g/mol. The zero-order valence-corrected chi connectivity index (χ0v) is 16.1. The van der Waals surface area contributed by atoms with Crippen LogP contribution in [0.4, 0.5) is 15.9 Å². The Morgan fingerprint density at radius 2 is 2.00 bits per heavy atom. The third-order valence-electron chi connectivity index (χ3n) is 4.74. The van der Waals surface area contributed by atoms with E-state index in [0.29, 0.717) is 51.6 Å². The van der Waals surface area contributed by atoms with Gasteiger partial charge in [-0.1, -0.05) is 30.1 Å². The van der Waals surface area contributed by atoms with Gasteiger partial charge in [0.05, 0.1) is 15.7 Å². The van der Waals surface area contributed by atoms with Crippen molar-refractivity contribution in [1.29, 1.82) is 0 Å². The van der Waals surface area contributed by atoms with Gasteiger partial charge in [-0.05, 0) is 42.9 Å². The Morgan fingerprint density at radius 1 is 1.27 bits per heavy atom. The first-order chi connectivity index (χ1) is 12.5. The number of aromatic nitrogens is 1. The average molecular weight is 398 g/mol. The maximum absolute atomic E-state index is 14.7. The number of nitrogens with one attached hydrogen (secondary N) is 1. The van der Waals surface area contributed by atoms with Gasteiger partial charge in [0, 0.05) is 37.1 Å². The van der Waals surface area contributed by atoms with Gasteiger partial charge in [0.2, 0.25) is 0 Å². The number of nitrogen functional groups attached to an aromatic ring is 1. The highest BCUT2D eigenvalue weighted by atomic mass is 35.5. The third kappa shape index (κ3) is 4.05. The summed E-state index contributed by atoms with van der Waals surface area (Å²) in [5.41, 5.74) is 8.44. The summed E-state index contributed by atoms with van der Waals surface area (Å²) in [7, 11) is 0. The number of rotatable bonds is 5. The van der Waals surface area contributed by atoms with Crippen LogP contribution >= 0.6 is 23.2 Å². The van der Waals surface area contributed by atoms with Crippen LogP contribution in [0.1, 0.15) is 25.3 Å². The molecule has 0 bridgehead atoms. The average Bonchev–Trinajstić information content (AvgIpc) is 2.63. The molecule has 0 spiro atoms. The van der Waals surface area contributed by atoms with E-state index in [1.807, 2.05) is 6.92 Å². The normalized spacial score (nSPS) is 15.2. The molecule has 140 valence electrons. The maximum Gasteiger partial charge on any atom is 0.148 e. The Morgan fingerprint density at radius 3 is 2.69 bits per heavy atom. The molecular weight excluding hydrogens is 376 g/mol. The number of anilines is 2. The summed E-state index contributed by atoms with van der Waals surface area (Å²) in [4.78, 5) is 3.99. The molecule has 1 aromatic heterocycles. The van der Waals surface area contributed by atoms with Gasteiger partial charge in [-0.2, -0.15) is 0 Å². The summed E-state index contributed by atoms with van der Waals surface area (Å²) >= 11 is 12.7. The number of ether oxygens (including phenoxy) is 1. The summed E-state index contributed by atoms with van der Waals surface area (Å²) < 4.78 is 20.1. The van der Waals surface area contributed by atoms with E-state index in [4.69, 9.17) is 33.7 Å². The molecular formula is C19H22Cl2FN3O. The van der Waals surface area contributed by atoms with Crippen LogP contribution in [-0.2, 0) is 11.2 Å². The molecule has 1 aromatic carbocycles. The molecule has 7 heteroatoms. The summed E-state index contributed by atoms with van der Waals surface area (Å²) in [5, 5.41) is 4.03. The number of benzene rings is 1. The molecule has 1 fully saturated rings. The minimum absolute atomic E-state index is 0.309. The number of nitrogens with zero attached hydrogens (tertiary/aromatic N) is 1. The molecule has 1 aliphatic heterocycles. The second-order valence-corrected chi connectivity index (χ2v) is 7.26. The summed E-state index contributed by atoms with van der Waals surface area (Å²) in [6, 6.07) is 3.00. The van der Waals surface area contributed by atoms with Crippen molar-refractivity contribution in [3.63, 3.8) is 0 Å². The quantitative estimate of drug-likeness (QED) is 0.729. The first-order valence-corrected chi connectivity index (χ1v) is 9.50. The van der Waals surface area contributed by atoms with Crippen molar-refractivity contribution < 1.29 is 9.13 Å². The van der Waals surface area contributed by atoms with Gasteiger partial charge in [0.25, 0.3) is 0 Å². The Kier molecular flexibility index (Phi) is 6.22. The van der Waals surface area contributed by atoms with E-state index in [0.717, 1.165) is 31.6 Å². The minimum atomic E-state index is -0.360. The van der Waals surface area contributed by atoms with Crippen molar-refractivity contribution in [3.05, 3.63) is 39.8 Å². The molecule has 4 nitrogen and oxygen atoms in total. The Bertz CT molecular complexity index is 795. The first kappa shape index (κ1) is 19.2. The van der Waals surface area contributed by atoms with Gasteiger partial charge in [-0.3, -0.25) is 0 Å². The van der Waals surface area contributed by atoms with E-state index < -0.39 is 0 Å². The van der Waals surface area contributed by atoms with Gasteiger partial charge in [0.1, 0.15) is 11.6 Å². The lowest BCUT2D eigenvalue weighted by molar-refractivity contribution is 0.0699. The van der Waals surface area contributed by atoms with Crippen molar-refractivity contribution in [3.8, 4) is 11.1 Å². The SMILES string of the molecule is CCc1c(NCC2CCOCC2)c(F)cc(Cl)c1-c1cc(N)ncc1Cl. The predicted octanol–water partition coefficient (Wildman–Crippen LogP) is 5.18. The molecule has 2 aromatic rings. The van der Waals surface area contributed by atoms with E-state index in [9.17, 15) is 4.39 Å². The van der Waals surface area contributed by atoms with E-state index in [1.54, 1.807) is 6.07 Å². The van der Waals surface area contributed by atoms with Crippen LogP contribution in [0, 0.1) is 11.7 Å². The van der Waals surface area contributed by atoms with E-state index in [2.05, 4.69) is 10.3 Å². The van der Waals surface area contributed by atoms with Gasteiger partial charge < -0.3 is 15.8 Å². The molecule has 0 atom stereocenters. The highest BCUT2D eigenvalue weighted by Gasteiger charge is 2.21. The third-order valence-corrected chi connectivity index (χ3v) is 5.34. The number of pyridine rings is 1. The zero-order chi connectivity index (χ0) is 18.7. The molecule has 26 heavy (non-hydrogen) atoms. The molecule has 1 aliphatic rings. The fourth-order valence-corrected chi connectivity index (χ4v) is 3.86. The Balaban J connectivity index is 2.00. The van der Waals surface area contributed by atoms with Crippen LogP contribution in [-0.4, -0.2) is 24.7 Å². The molecule has 1 saturated heterocycles. The minimum Gasteiger partial charge on any atom is -0.384 e. The molecule has 0 radical (unpaired) electrons. The van der Waals surface area contributed by atoms with Crippen LogP contribution in [0.15, 0.2) is 18.3 Å². The summed E-state index contributed by atoms with van der Waals surface area (Å²) in [6.45, 7) is 4.17. The predicted molar refractivity (Wildman–Crippen MR) is 105 cm³/mol. The molecule has 3 N–H and O–H groups in total. The summed E-state index contributed by atoms with van der Waals surface area (Å²) in [6.07, 6.45) is 4.04. The lowest BCUT2D eigenvalue weighted by atomic mass is 9.95. The van der Waals surface area contributed by atoms with Crippen molar-refractivity contribution >= 4 is 34.7 Å². The van der Waals surface area contributed by atoms with E-state index in [-0.39, 0.29) is 5.82 Å².